The van der Waals surface area contributed by atoms with Crippen molar-refractivity contribution in [2.75, 3.05) is 0 Å². The van der Waals surface area contributed by atoms with Crippen LogP contribution < -0.4 is 0 Å². The van der Waals surface area contributed by atoms with E-state index in [1.165, 1.54) is 11.3 Å². The van der Waals surface area contributed by atoms with Gasteiger partial charge in [0, 0.05) is 5.56 Å². The molecular formula is C11H7NOS. The molecule has 0 N–H and O–H groups in total. The molecule has 0 aliphatic rings. The van der Waals surface area contributed by atoms with Gasteiger partial charge in [0.15, 0.2) is 0 Å². The van der Waals surface area contributed by atoms with Crippen LogP contribution in [0, 0.1) is 0 Å². The summed E-state index contributed by atoms with van der Waals surface area (Å²) in [6, 6.07) is 11.8. The Balaban J connectivity index is 2.52. The van der Waals surface area contributed by atoms with Crippen LogP contribution in [0.2, 0.25) is 0 Å². The van der Waals surface area contributed by atoms with Gasteiger partial charge in [-0.25, -0.2) is 4.79 Å². The first-order valence-corrected chi connectivity index (χ1v) is 5.00. The minimum absolute atomic E-state index is 0.714. The number of carbonyl (C=O) groups excluding carboxylic acids is 1. The molecule has 0 fully saturated rings. The molecular weight excluding hydrogens is 194 g/mol. The highest BCUT2D eigenvalue weighted by Crippen LogP contribution is 2.34. The zero-order valence-corrected chi connectivity index (χ0v) is 8.12. The van der Waals surface area contributed by atoms with Crippen molar-refractivity contribution in [1.82, 2.24) is 0 Å². The summed E-state index contributed by atoms with van der Waals surface area (Å²) in [5, 5.41) is 2.63. The van der Waals surface area contributed by atoms with E-state index >= 15 is 0 Å². The van der Waals surface area contributed by atoms with Crippen LogP contribution in [0.3, 0.4) is 0 Å². The van der Waals surface area contributed by atoms with Gasteiger partial charge >= 0.3 is 0 Å². The molecule has 0 aliphatic carbocycles. The highest BCUT2D eigenvalue weighted by atomic mass is 32.1. The summed E-state index contributed by atoms with van der Waals surface area (Å²) in [7, 11) is 0. The minimum Gasteiger partial charge on any atom is -0.211 e. The van der Waals surface area contributed by atoms with E-state index in [-0.39, 0.29) is 0 Å². The van der Waals surface area contributed by atoms with E-state index in [1.807, 2.05) is 41.8 Å². The van der Waals surface area contributed by atoms with E-state index in [4.69, 9.17) is 0 Å². The lowest BCUT2D eigenvalue weighted by atomic mass is 10.1. The molecule has 0 bridgehead atoms. The van der Waals surface area contributed by atoms with Crippen molar-refractivity contribution in [2.24, 2.45) is 4.99 Å². The molecule has 1 aromatic carbocycles. The first-order valence-electron chi connectivity index (χ1n) is 4.12. The van der Waals surface area contributed by atoms with Crippen molar-refractivity contribution in [1.29, 1.82) is 0 Å². The lowest BCUT2D eigenvalue weighted by molar-refractivity contribution is 0.565. The number of benzene rings is 1. The molecule has 1 aromatic heterocycles. The molecule has 3 heteroatoms. The summed E-state index contributed by atoms with van der Waals surface area (Å²) in [4.78, 5) is 13.8. The number of nitrogens with zero attached hydrogens (tertiary/aromatic N) is 1. The summed E-state index contributed by atoms with van der Waals surface area (Å²) in [6.07, 6.45) is 1.57. The third-order valence-corrected chi connectivity index (χ3v) is 2.68. The molecule has 0 atom stereocenters. The van der Waals surface area contributed by atoms with Crippen molar-refractivity contribution < 1.29 is 4.79 Å². The Hall–Kier alpha value is -1.70. The molecule has 0 amide bonds. The second-order valence-electron chi connectivity index (χ2n) is 2.71. The normalized spacial score (nSPS) is 9.43. The van der Waals surface area contributed by atoms with Crippen LogP contribution in [-0.4, -0.2) is 6.08 Å². The second kappa shape index (κ2) is 4.01. The summed E-state index contributed by atoms with van der Waals surface area (Å²) in [6.45, 7) is 0. The Morgan fingerprint density at radius 3 is 2.64 bits per heavy atom. The third kappa shape index (κ3) is 1.64. The SMILES string of the molecule is O=C=Nc1sccc1-c1ccccc1. The predicted octanol–water partition coefficient (Wildman–Crippen LogP) is 3.38. The van der Waals surface area contributed by atoms with Gasteiger partial charge in [-0.15, -0.1) is 11.3 Å². The molecule has 0 saturated carbocycles. The molecule has 14 heavy (non-hydrogen) atoms. The van der Waals surface area contributed by atoms with Gasteiger partial charge < -0.3 is 0 Å². The number of rotatable bonds is 2. The third-order valence-electron chi connectivity index (χ3n) is 1.88. The fourth-order valence-electron chi connectivity index (χ4n) is 1.27. The van der Waals surface area contributed by atoms with Gasteiger partial charge in [0.1, 0.15) is 5.00 Å². The van der Waals surface area contributed by atoms with Crippen molar-refractivity contribution >= 4 is 22.4 Å². The van der Waals surface area contributed by atoms with Gasteiger partial charge in [-0.1, -0.05) is 30.3 Å². The van der Waals surface area contributed by atoms with Gasteiger partial charge in [-0.05, 0) is 17.0 Å². The van der Waals surface area contributed by atoms with Crippen LogP contribution in [0.4, 0.5) is 5.00 Å². The molecule has 1 heterocycles. The average Bonchev–Trinajstić information content (AvgIpc) is 2.68. The molecule has 0 spiro atoms. The van der Waals surface area contributed by atoms with Crippen LogP contribution in [0.5, 0.6) is 0 Å². The maximum atomic E-state index is 10.2. The lowest BCUT2D eigenvalue weighted by Gasteiger charge is -1.97. The van der Waals surface area contributed by atoms with Crippen molar-refractivity contribution in [3.05, 3.63) is 41.8 Å². The van der Waals surface area contributed by atoms with Crippen LogP contribution in [0.15, 0.2) is 46.8 Å². The van der Waals surface area contributed by atoms with E-state index in [1.54, 1.807) is 6.08 Å². The molecule has 0 aliphatic heterocycles. The number of aliphatic imine (C=N–C) groups is 1. The Bertz CT molecular complexity index is 469. The maximum absolute atomic E-state index is 10.2. The first-order chi connectivity index (χ1) is 6.92. The topological polar surface area (TPSA) is 29.4 Å². The highest BCUT2D eigenvalue weighted by molar-refractivity contribution is 7.14. The van der Waals surface area contributed by atoms with Gasteiger partial charge in [0.05, 0.1) is 0 Å². The molecule has 2 nitrogen and oxygen atoms in total. The van der Waals surface area contributed by atoms with Crippen LogP contribution in [0.1, 0.15) is 0 Å². The van der Waals surface area contributed by atoms with E-state index in [9.17, 15) is 4.79 Å². The van der Waals surface area contributed by atoms with Crippen molar-refractivity contribution in [2.45, 2.75) is 0 Å². The van der Waals surface area contributed by atoms with E-state index in [0.29, 0.717) is 5.00 Å². The summed E-state index contributed by atoms with van der Waals surface area (Å²) in [5.74, 6) is 0. The highest BCUT2D eigenvalue weighted by Gasteiger charge is 2.04. The number of isocyanates is 1. The summed E-state index contributed by atoms with van der Waals surface area (Å²) >= 11 is 1.44. The zero-order chi connectivity index (χ0) is 9.80. The monoisotopic (exact) mass is 201 g/mol. The molecule has 2 aromatic rings. The average molecular weight is 201 g/mol. The molecule has 0 radical (unpaired) electrons. The second-order valence-corrected chi connectivity index (χ2v) is 3.60. The minimum atomic E-state index is 0.714. The molecule has 2 rings (SSSR count). The molecule has 0 unspecified atom stereocenters. The predicted molar refractivity (Wildman–Crippen MR) is 57.5 cm³/mol. The number of hydrogen-bond acceptors (Lipinski definition) is 3. The van der Waals surface area contributed by atoms with Gasteiger partial charge in [0.25, 0.3) is 0 Å². The number of hydrogen-bond donors (Lipinski definition) is 0. The molecule has 0 saturated heterocycles. The van der Waals surface area contributed by atoms with Gasteiger partial charge in [-0.2, -0.15) is 4.99 Å². The lowest BCUT2D eigenvalue weighted by Crippen LogP contribution is -1.71. The standard InChI is InChI=1S/C11H7NOS/c13-8-12-11-10(6-7-14-11)9-4-2-1-3-5-9/h1-7H. The number of thiophene rings is 1. The van der Waals surface area contributed by atoms with E-state index < -0.39 is 0 Å². The Kier molecular flexibility index (Phi) is 2.54. The van der Waals surface area contributed by atoms with Gasteiger partial charge in [0.2, 0.25) is 6.08 Å². The van der Waals surface area contributed by atoms with E-state index in [0.717, 1.165) is 11.1 Å². The summed E-state index contributed by atoms with van der Waals surface area (Å²) in [5.41, 5.74) is 2.06. The quantitative estimate of drug-likeness (QED) is 0.541. The largest absolute Gasteiger partial charge is 0.241 e. The summed E-state index contributed by atoms with van der Waals surface area (Å²) < 4.78 is 0. The van der Waals surface area contributed by atoms with Crippen LogP contribution in [-0.2, 0) is 4.79 Å². The zero-order valence-electron chi connectivity index (χ0n) is 7.31. The van der Waals surface area contributed by atoms with Crippen LogP contribution in [0.25, 0.3) is 11.1 Å². The van der Waals surface area contributed by atoms with E-state index in [2.05, 4.69) is 4.99 Å². The fraction of sp³-hybridized carbons (Fsp3) is 0. The van der Waals surface area contributed by atoms with Gasteiger partial charge in [-0.3, -0.25) is 0 Å². The first kappa shape index (κ1) is 8.88. The Morgan fingerprint density at radius 2 is 1.93 bits per heavy atom. The smallest absolute Gasteiger partial charge is 0.211 e. The van der Waals surface area contributed by atoms with Crippen molar-refractivity contribution in [3.63, 3.8) is 0 Å². The maximum Gasteiger partial charge on any atom is 0.241 e. The fourth-order valence-corrected chi connectivity index (χ4v) is 2.00. The van der Waals surface area contributed by atoms with Crippen molar-refractivity contribution in [3.8, 4) is 11.1 Å². The Labute approximate surface area is 85.6 Å². The Morgan fingerprint density at radius 1 is 1.14 bits per heavy atom. The van der Waals surface area contributed by atoms with Crippen LogP contribution >= 0.6 is 11.3 Å². The molecule has 68 valence electrons.